The summed E-state index contributed by atoms with van der Waals surface area (Å²) in [5, 5.41) is 10.9. The summed E-state index contributed by atoms with van der Waals surface area (Å²) in [7, 11) is 0. The van der Waals surface area contributed by atoms with Crippen molar-refractivity contribution < 1.29 is 9.90 Å². The monoisotopic (exact) mass is 302 g/mol. The zero-order valence-corrected chi connectivity index (χ0v) is 14.3. The summed E-state index contributed by atoms with van der Waals surface area (Å²) in [6, 6.07) is 0. The molecule has 0 unspecified atom stereocenters. The SMILES string of the molecule is C[C@]12C=CC(=O)C[C@@H]1CC[C@H]1[C@H]3CC[C@](C)(O)[C@@]3(C)CC[C@@H]12. The lowest BCUT2D eigenvalue weighted by Gasteiger charge is -2.59. The first-order valence-electron chi connectivity index (χ1n) is 9.22. The fraction of sp³-hybridized carbons (Fsp3) is 0.850. The molecule has 0 aromatic rings. The van der Waals surface area contributed by atoms with Gasteiger partial charge in [-0.3, -0.25) is 4.79 Å². The molecule has 22 heavy (non-hydrogen) atoms. The Morgan fingerprint density at radius 3 is 2.55 bits per heavy atom. The number of carbonyl (C=O) groups is 1. The molecule has 2 nitrogen and oxygen atoms in total. The van der Waals surface area contributed by atoms with Crippen molar-refractivity contribution in [2.24, 2.45) is 34.5 Å². The molecule has 1 N–H and O–H groups in total. The number of aliphatic hydroxyl groups is 1. The van der Waals surface area contributed by atoms with Crippen molar-refractivity contribution in [3.05, 3.63) is 12.2 Å². The van der Waals surface area contributed by atoms with Crippen molar-refractivity contribution >= 4 is 5.78 Å². The molecule has 0 spiro atoms. The van der Waals surface area contributed by atoms with Gasteiger partial charge in [-0.15, -0.1) is 0 Å². The van der Waals surface area contributed by atoms with Crippen molar-refractivity contribution in [3.8, 4) is 0 Å². The number of carbonyl (C=O) groups excluding carboxylic acids is 1. The minimum absolute atomic E-state index is 0.103. The Balaban J connectivity index is 1.69. The minimum Gasteiger partial charge on any atom is -0.390 e. The highest BCUT2D eigenvalue weighted by molar-refractivity contribution is 5.91. The van der Waals surface area contributed by atoms with Crippen LogP contribution in [0.15, 0.2) is 12.2 Å². The molecule has 0 amide bonds. The third-order valence-corrected chi connectivity index (χ3v) is 8.60. The summed E-state index contributed by atoms with van der Waals surface area (Å²) < 4.78 is 0. The zero-order valence-electron chi connectivity index (χ0n) is 14.3. The molecule has 0 aromatic carbocycles. The highest BCUT2D eigenvalue weighted by Gasteiger charge is 2.62. The second-order valence-corrected chi connectivity index (χ2v) is 9.29. The van der Waals surface area contributed by atoms with Gasteiger partial charge in [0.15, 0.2) is 5.78 Å². The van der Waals surface area contributed by atoms with E-state index in [0.717, 1.165) is 25.2 Å². The molecule has 4 rings (SSSR count). The minimum atomic E-state index is -0.487. The summed E-state index contributed by atoms with van der Waals surface area (Å²) >= 11 is 0. The highest BCUT2D eigenvalue weighted by Crippen LogP contribution is 2.67. The second-order valence-electron chi connectivity index (χ2n) is 9.29. The summed E-state index contributed by atoms with van der Waals surface area (Å²) in [5.41, 5.74) is -0.170. The Kier molecular flexibility index (Phi) is 3.03. The van der Waals surface area contributed by atoms with E-state index in [1.54, 1.807) is 0 Å². The second kappa shape index (κ2) is 4.47. The third-order valence-electron chi connectivity index (χ3n) is 8.60. The van der Waals surface area contributed by atoms with Crippen LogP contribution < -0.4 is 0 Å². The number of hydrogen-bond acceptors (Lipinski definition) is 2. The maximum Gasteiger partial charge on any atom is 0.155 e. The molecule has 0 aliphatic heterocycles. The maximum absolute atomic E-state index is 11.8. The van der Waals surface area contributed by atoms with Gasteiger partial charge in [-0.2, -0.15) is 0 Å². The van der Waals surface area contributed by atoms with Crippen molar-refractivity contribution in [3.63, 3.8) is 0 Å². The lowest BCUT2D eigenvalue weighted by atomic mass is 9.45. The zero-order chi connectivity index (χ0) is 15.8. The topological polar surface area (TPSA) is 37.3 Å². The first kappa shape index (κ1) is 14.9. The van der Waals surface area contributed by atoms with Crippen LogP contribution in [0.5, 0.6) is 0 Å². The Morgan fingerprint density at radius 1 is 1.05 bits per heavy atom. The molecule has 2 heteroatoms. The first-order valence-corrected chi connectivity index (χ1v) is 9.22. The van der Waals surface area contributed by atoms with Crippen LogP contribution >= 0.6 is 0 Å². The number of rotatable bonds is 0. The van der Waals surface area contributed by atoms with Crippen LogP contribution in [0.3, 0.4) is 0 Å². The van der Waals surface area contributed by atoms with Crippen molar-refractivity contribution in [2.75, 3.05) is 0 Å². The molecular weight excluding hydrogens is 272 g/mol. The van der Waals surface area contributed by atoms with Gasteiger partial charge in [0.1, 0.15) is 0 Å². The fourth-order valence-electron chi connectivity index (χ4n) is 6.88. The van der Waals surface area contributed by atoms with Gasteiger partial charge in [0, 0.05) is 6.42 Å². The molecule has 0 heterocycles. The van der Waals surface area contributed by atoms with Crippen LogP contribution in [0, 0.1) is 34.5 Å². The number of ketones is 1. The van der Waals surface area contributed by atoms with Gasteiger partial charge in [-0.25, -0.2) is 0 Å². The lowest BCUT2D eigenvalue weighted by Crippen LogP contribution is -2.55. The quantitative estimate of drug-likeness (QED) is 0.730. The predicted molar refractivity (Wildman–Crippen MR) is 87.3 cm³/mol. The number of fused-ring (bicyclic) bond motifs is 5. The van der Waals surface area contributed by atoms with Crippen molar-refractivity contribution in [1.82, 2.24) is 0 Å². The molecule has 0 saturated heterocycles. The molecule has 0 bridgehead atoms. The predicted octanol–water partition coefficient (Wildman–Crippen LogP) is 4.13. The van der Waals surface area contributed by atoms with Gasteiger partial charge in [0.25, 0.3) is 0 Å². The van der Waals surface area contributed by atoms with Crippen LogP contribution in [-0.2, 0) is 4.79 Å². The molecule has 3 fully saturated rings. The van der Waals surface area contributed by atoms with Crippen LogP contribution in [-0.4, -0.2) is 16.5 Å². The highest BCUT2D eigenvalue weighted by atomic mass is 16.3. The Hall–Kier alpha value is -0.630. The summed E-state index contributed by atoms with van der Waals surface area (Å²) in [6.45, 7) is 6.82. The van der Waals surface area contributed by atoms with E-state index < -0.39 is 5.60 Å². The third kappa shape index (κ3) is 1.74. The lowest BCUT2D eigenvalue weighted by molar-refractivity contribution is -0.135. The number of allylic oxidation sites excluding steroid dienone is 2. The molecule has 0 aromatic heterocycles. The molecule has 0 radical (unpaired) electrons. The van der Waals surface area contributed by atoms with Crippen LogP contribution in [0.2, 0.25) is 0 Å². The molecular formula is C20H30O2. The van der Waals surface area contributed by atoms with Gasteiger partial charge in [0.05, 0.1) is 5.60 Å². The molecule has 3 saturated carbocycles. The van der Waals surface area contributed by atoms with Gasteiger partial charge >= 0.3 is 0 Å². The fourth-order valence-corrected chi connectivity index (χ4v) is 6.88. The van der Waals surface area contributed by atoms with Crippen LogP contribution in [0.1, 0.15) is 65.7 Å². The Morgan fingerprint density at radius 2 is 1.77 bits per heavy atom. The standard InChI is InChI=1S/C20H30O2/c1-18-9-6-14(21)12-13(18)4-5-15-16(18)7-10-19(2)17(15)8-11-20(19,3)22/h6,9,13,15-17,22H,4-5,7-8,10-12H2,1-3H3/t13-,15+,16-,17+,18-,19-,20-/m0/s1. The van der Waals surface area contributed by atoms with Gasteiger partial charge in [-0.1, -0.05) is 19.9 Å². The summed E-state index contributed by atoms with van der Waals surface area (Å²) in [6.07, 6.45) is 11.9. The average Bonchev–Trinajstić information content (AvgIpc) is 2.70. The number of hydrogen-bond donors (Lipinski definition) is 1. The van der Waals surface area contributed by atoms with Gasteiger partial charge in [0.2, 0.25) is 0 Å². The largest absolute Gasteiger partial charge is 0.390 e. The molecule has 122 valence electrons. The Labute approximate surface area is 134 Å². The molecule has 4 aliphatic rings. The molecule has 7 atom stereocenters. The van der Waals surface area contributed by atoms with E-state index in [9.17, 15) is 9.90 Å². The van der Waals surface area contributed by atoms with E-state index in [1.807, 2.05) is 6.08 Å². The van der Waals surface area contributed by atoms with E-state index in [1.165, 1.54) is 25.7 Å². The van der Waals surface area contributed by atoms with Crippen molar-refractivity contribution in [2.45, 2.75) is 71.3 Å². The smallest absolute Gasteiger partial charge is 0.155 e. The summed E-state index contributed by atoms with van der Waals surface area (Å²) in [5.74, 6) is 3.00. The van der Waals surface area contributed by atoms with E-state index in [4.69, 9.17) is 0 Å². The van der Waals surface area contributed by atoms with Gasteiger partial charge < -0.3 is 5.11 Å². The summed E-state index contributed by atoms with van der Waals surface area (Å²) in [4.78, 5) is 11.8. The van der Waals surface area contributed by atoms with E-state index in [2.05, 4.69) is 26.8 Å². The van der Waals surface area contributed by atoms with Crippen LogP contribution in [0.4, 0.5) is 0 Å². The first-order chi connectivity index (χ1) is 10.3. The van der Waals surface area contributed by atoms with E-state index >= 15 is 0 Å². The van der Waals surface area contributed by atoms with E-state index in [0.29, 0.717) is 23.5 Å². The van der Waals surface area contributed by atoms with Crippen LogP contribution in [0.25, 0.3) is 0 Å². The normalized spacial score (nSPS) is 57.2. The van der Waals surface area contributed by atoms with E-state index in [-0.39, 0.29) is 10.8 Å². The average molecular weight is 302 g/mol. The van der Waals surface area contributed by atoms with Gasteiger partial charge in [-0.05, 0) is 86.0 Å². The Bertz CT molecular complexity index is 534. The molecule has 4 aliphatic carbocycles. The maximum atomic E-state index is 11.8. The van der Waals surface area contributed by atoms with Crippen molar-refractivity contribution in [1.29, 1.82) is 0 Å².